The van der Waals surface area contributed by atoms with Gasteiger partial charge in [-0.3, -0.25) is 9.13 Å². The average Bonchev–Trinajstić information content (AvgIpc) is 2.83. The maximum Gasteiger partial charge on any atom is 0.329 e. The molecule has 0 unspecified atom stereocenters. The van der Waals surface area contributed by atoms with Gasteiger partial charge in [-0.05, 0) is 50.5 Å². The SMILES string of the molecule is CC(C)n1c(Sc2cc(Cl)cc(Cl)c2)c(CCc2ccccc2)n(C)c1=O. The second kappa shape index (κ2) is 8.59. The second-order valence-electron chi connectivity index (χ2n) is 6.75. The van der Waals surface area contributed by atoms with Gasteiger partial charge in [0.1, 0.15) is 5.03 Å². The number of imidazole rings is 1. The Morgan fingerprint density at radius 2 is 1.63 bits per heavy atom. The van der Waals surface area contributed by atoms with E-state index < -0.39 is 0 Å². The monoisotopic (exact) mass is 420 g/mol. The summed E-state index contributed by atoms with van der Waals surface area (Å²) in [5, 5.41) is 2.13. The quantitative estimate of drug-likeness (QED) is 0.487. The van der Waals surface area contributed by atoms with Crippen molar-refractivity contribution in [2.75, 3.05) is 0 Å². The molecule has 0 aliphatic heterocycles. The summed E-state index contributed by atoms with van der Waals surface area (Å²) in [7, 11) is 1.84. The highest BCUT2D eigenvalue weighted by Gasteiger charge is 2.21. The van der Waals surface area contributed by atoms with Crippen molar-refractivity contribution in [3.8, 4) is 0 Å². The summed E-state index contributed by atoms with van der Waals surface area (Å²) in [5.74, 6) is 0. The highest BCUT2D eigenvalue weighted by atomic mass is 35.5. The van der Waals surface area contributed by atoms with Gasteiger partial charge >= 0.3 is 5.69 Å². The predicted octanol–water partition coefficient (Wildman–Crippen LogP) is 6.01. The van der Waals surface area contributed by atoms with Crippen LogP contribution in [0.3, 0.4) is 0 Å². The maximum absolute atomic E-state index is 12.8. The number of hydrogen-bond acceptors (Lipinski definition) is 2. The van der Waals surface area contributed by atoms with Gasteiger partial charge in [-0.1, -0.05) is 65.3 Å². The maximum atomic E-state index is 12.8. The smallest absolute Gasteiger partial charge is 0.298 e. The Kier molecular flexibility index (Phi) is 6.40. The molecule has 3 aromatic rings. The van der Waals surface area contributed by atoms with Gasteiger partial charge in [-0.15, -0.1) is 0 Å². The number of rotatable bonds is 6. The van der Waals surface area contributed by atoms with Crippen molar-refractivity contribution in [1.82, 2.24) is 9.13 Å². The van der Waals surface area contributed by atoms with Gasteiger partial charge < -0.3 is 0 Å². The normalized spacial score (nSPS) is 11.3. The molecule has 0 saturated carbocycles. The van der Waals surface area contributed by atoms with Gasteiger partial charge in [0.2, 0.25) is 0 Å². The molecule has 2 aromatic carbocycles. The molecule has 0 bridgehead atoms. The standard InChI is InChI=1S/C21H22Cl2N2OS/c1-14(2)25-20(27-18-12-16(22)11-17(23)13-18)19(24(3)21(25)26)10-9-15-7-5-4-6-8-15/h4-8,11-14H,9-10H2,1-3H3. The van der Waals surface area contributed by atoms with Crippen LogP contribution in [0, 0.1) is 0 Å². The minimum atomic E-state index is 0.00341. The van der Waals surface area contributed by atoms with E-state index in [1.807, 2.05) is 55.8 Å². The minimum absolute atomic E-state index is 0.00341. The third-order valence-corrected chi connectivity index (χ3v) is 5.96. The zero-order valence-corrected chi connectivity index (χ0v) is 17.9. The molecular formula is C21H22Cl2N2OS. The molecule has 0 spiro atoms. The predicted molar refractivity (Wildman–Crippen MR) is 114 cm³/mol. The molecule has 1 heterocycles. The van der Waals surface area contributed by atoms with E-state index in [0.717, 1.165) is 28.5 Å². The number of aryl methyl sites for hydroxylation is 1. The van der Waals surface area contributed by atoms with Crippen molar-refractivity contribution in [3.05, 3.63) is 80.3 Å². The summed E-state index contributed by atoms with van der Waals surface area (Å²) in [5.41, 5.74) is 2.28. The third-order valence-electron chi connectivity index (χ3n) is 4.42. The van der Waals surface area contributed by atoms with Gasteiger partial charge in [0.05, 0.1) is 5.69 Å². The Bertz CT molecular complexity index is 973. The van der Waals surface area contributed by atoms with Gasteiger partial charge in [-0.25, -0.2) is 4.79 Å². The zero-order chi connectivity index (χ0) is 19.6. The molecular weight excluding hydrogens is 399 g/mol. The number of benzene rings is 2. The van der Waals surface area contributed by atoms with E-state index >= 15 is 0 Å². The second-order valence-corrected chi connectivity index (χ2v) is 8.69. The molecule has 3 nitrogen and oxygen atoms in total. The fourth-order valence-electron chi connectivity index (χ4n) is 3.09. The molecule has 142 valence electrons. The lowest BCUT2D eigenvalue weighted by Crippen LogP contribution is -2.24. The number of halogens is 2. The van der Waals surface area contributed by atoms with Crippen LogP contribution in [0.2, 0.25) is 10.0 Å². The Hall–Kier alpha value is -1.62. The van der Waals surface area contributed by atoms with Crippen molar-refractivity contribution in [3.63, 3.8) is 0 Å². The minimum Gasteiger partial charge on any atom is -0.298 e. The van der Waals surface area contributed by atoms with Crippen LogP contribution >= 0.6 is 35.0 Å². The first-order valence-corrected chi connectivity index (χ1v) is 10.4. The summed E-state index contributed by atoms with van der Waals surface area (Å²) >= 11 is 13.9. The van der Waals surface area contributed by atoms with Gasteiger partial charge in [0.25, 0.3) is 0 Å². The lowest BCUT2D eigenvalue weighted by atomic mass is 10.1. The zero-order valence-electron chi connectivity index (χ0n) is 15.6. The summed E-state index contributed by atoms with van der Waals surface area (Å²) in [6.45, 7) is 4.05. The lowest BCUT2D eigenvalue weighted by molar-refractivity contribution is 0.533. The van der Waals surface area contributed by atoms with E-state index in [1.54, 1.807) is 22.4 Å². The van der Waals surface area contributed by atoms with Crippen molar-refractivity contribution < 1.29 is 0 Å². The molecule has 0 fully saturated rings. The first kappa shape index (κ1) is 20.1. The number of hydrogen-bond donors (Lipinski definition) is 0. The van der Waals surface area contributed by atoms with Crippen LogP contribution in [0.5, 0.6) is 0 Å². The van der Waals surface area contributed by atoms with Gasteiger partial charge in [-0.2, -0.15) is 0 Å². The Morgan fingerprint density at radius 3 is 2.22 bits per heavy atom. The van der Waals surface area contributed by atoms with E-state index in [1.165, 1.54) is 5.56 Å². The van der Waals surface area contributed by atoms with Crippen LogP contribution in [0.15, 0.2) is 63.2 Å². The molecule has 0 radical (unpaired) electrons. The van der Waals surface area contributed by atoms with E-state index in [2.05, 4.69) is 12.1 Å². The van der Waals surface area contributed by atoms with Crippen molar-refractivity contribution in [2.45, 2.75) is 42.7 Å². The van der Waals surface area contributed by atoms with Crippen molar-refractivity contribution in [2.24, 2.45) is 7.05 Å². The summed E-state index contributed by atoms with van der Waals surface area (Å²) in [6, 6.07) is 15.8. The molecule has 0 amide bonds. The van der Waals surface area contributed by atoms with Crippen LogP contribution in [-0.2, 0) is 19.9 Å². The fourth-order valence-corrected chi connectivity index (χ4v) is 5.09. The van der Waals surface area contributed by atoms with Crippen LogP contribution in [0.1, 0.15) is 31.1 Å². The third kappa shape index (κ3) is 4.63. The molecule has 0 saturated heterocycles. The Labute approximate surface area is 173 Å². The number of nitrogens with zero attached hydrogens (tertiary/aromatic N) is 2. The molecule has 1 aromatic heterocycles. The Balaban J connectivity index is 2.01. The Morgan fingerprint density at radius 1 is 1.00 bits per heavy atom. The molecule has 0 atom stereocenters. The highest BCUT2D eigenvalue weighted by molar-refractivity contribution is 7.99. The first-order chi connectivity index (χ1) is 12.9. The topological polar surface area (TPSA) is 26.9 Å². The average molecular weight is 421 g/mol. The molecule has 0 aliphatic rings. The number of aromatic nitrogens is 2. The first-order valence-electron chi connectivity index (χ1n) is 8.84. The van der Waals surface area contributed by atoms with Crippen molar-refractivity contribution >= 4 is 35.0 Å². The lowest BCUT2D eigenvalue weighted by Gasteiger charge is -2.13. The van der Waals surface area contributed by atoms with E-state index in [9.17, 15) is 4.79 Å². The highest BCUT2D eigenvalue weighted by Crippen LogP contribution is 2.35. The summed E-state index contributed by atoms with van der Waals surface area (Å²) in [4.78, 5) is 13.8. The van der Waals surface area contributed by atoms with Crippen LogP contribution in [0.25, 0.3) is 0 Å². The fraction of sp³-hybridized carbons (Fsp3) is 0.286. The molecule has 3 rings (SSSR count). The van der Waals surface area contributed by atoms with E-state index in [0.29, 0.717) is 10.0 Å². The van der Waals surface area contributed by atoms with Crippen LogP contribution < -0.4 is 5.69 Å². The van der Waals surface area contributed by atoms with E-state index in [-0.39, 0.29) is 11.7 Å². The van der Waals surface area contributed by atoms with Gasteiger partial charge in [0, 0.05) is 28.0 Å². The van der Waals surface area contributed by atoms with Crippen LogP contribution in [0.4, 0.5) is 0 Å². The van der Waals surface area contributed by atoms with Crippen molar-refractivity contribution in [1.29, 1.82) is 0 Å². The van der Waals surface area contributed by atoms with Gasteiger partial charge in [0.15, 0.2) is 0 Å². The molecule has 27 heavy (non-hydrogen) atoms. The summed E-state index contributed by atoms with van der Waals surface area (Å²) < 4.78 is 3.61. The molecule has 0 N–H and O–H groups in total. The largest absolute Gasteiger partial charge is 0.329 e. The van der Waals surface area contributed by atoms with E-state index in [4.69, 9.17) is 23.2 Å². The van der Waals surface area contributed by atoms with Crippen LogP contribution in [-0.4, -0.2) is 9.13 Å². The summed E-state index contributed by atoms with van der Waals surface area (Å²) in [6.07, 6.45) is 1.66. The molecule has 0 aliphatic carbocycles. The molecule has 6 heteroatoms.